The van der Waals surface area contributed by atoms with Crippen molar-refractivity contribution in [2.45, 2.75) is 51.0 Å². The number of aliphatic imine (C=N–C) groups is 1. The van der Waals surface area contributed by atoms with Gasteiger partial charge in [-0.2, -0.15) is 0 Å². The Labute approximate surface area is 225 Å². The average Bonchev–Trinajstić information content (AvgIpc) is 2.96. The van der Waals surface area contributed by atoms with Crippen molar-refractivity contribution in [3.05, 3.63) is 122 Å². The minimum atomic E-state index is -0.732. The summed E-state index contributed by atoms with van der Waals surface area (Å²) in [4.78, 5) is 7.15. The molecule has 0 bridgehead atoms. The highest BCUT2D eigenvalue weighted by Gasteiger charge is 2.31. The number of guanidine groups is 1. The molecule has 1 aliphatic rings. The maximum absolute atomic E-state index is 6.58. The summed E-state index contributed by atoms with van der Waals surface area (Å²) in [6.07, 6.45) is 19.3. The summed E-state index contributed by atoms with van der Waals surface area (Å²) < 4.78 is 0. The summed E-state index contributed by atoms with van der Waals surface area (Å²) >= 11 is 0. The Balaban J connectivity index is 0.000000700. The Kier molecular flexibility index (Phi) is 13.7. The molecule has 0 heterocycles. The van der Waals surface area contributed by atoms with Gasteiger partial charge in [0.1, 0.15) is 5.54 Å². The molecule has 0 radical (unpaired) electrons. The quantitative estimate of drug-likeness (QED) is 0.133. The second-order valence-corrected chi connectivity index (χ2v) is 9.44. The molecule has 0 saturated carbocycles. The van der Waals surface area contributed by atoms with Crippen molar-refractivity contribution in [3.8, 4) is 0 Å². The van der Waals surface area contributed by atoms with E-state index < -0.39 is 5.54 Å². The maximum Gasteiger partial charge on any atom is 0.192 e. The molecular formula is C33H46N4. The fourth-order valence-corrected chi connectivity index (χ4v) is 4.46. The van der Waals surface area contributed by atoms with E-state index in [2.05, 4.69) is 78.9 Å². The molecule has 0 aliphatic heterocycles. The van der Waals surface area contributed by atoms with E-state index in [0.29, 0.717) is 11.9 Å². The van der Waals surface area contributed by atoms with Crippen LogP contribution >= 0.6 is 0 Å². The van der Waals surface area contributed by atoms with Gasteiger partial charge in [-0.15, -0.1) is 0 Å². The van der Waals surface area contributed by atoms with E-state index in [1.165, 1.54) is 32.1 Å². The fraction of sp³-hybridized carbons (Fsp3) is 0.364. The zero-order valence-electron chi connectivity index (χ0n) is 22.9. The molecule has 3 N–H and O–H groups in total. The van der Waals surface area contributed by atoms with Crippen molar-refractivity contribution in [2.75, 3.05) is 20.1 Å². The zero-order valence-corrected chi connectivity index (χ0v) is 22.9. The van der Waals surface area contributed by atoms with Crippen molar-refractivity contribution in [2.24, 2.45) is 16.6 Å². The molecule has 198 valence electrons. The first-order valence-electron chi connectivity index (χ1n) is 13.5. The Morgan fingerprint density at radius 2 is 1.57 bits per heavy atom. The fourth-order valence-electron chi connectivity index (χ4n) is 4.46. The van der Waals surface area contributed by atoms with Crippen molar-refractivity contribution in [1.82, 2.24) is 10.2 Å². The molecule has 2 aromatic rings. The zero-order chi connectivity index (χ0) is 26.8. The summed E-state index contributed by atoms with van der Waals surface area (Å²) in [6.45, 7) is 11.9. The van der Waals surface area contributed by atoms with Gasteiger partial charge in [-0.25, -0.2) is 4.99 Å². The molecule has 3 rings (SSSR count). The predicted molar refractivity (Wildman–Crippen MR) is 161 cm³/mol. The van der Waals surface area contributed by atoms with E-state index >= 15 is 0 Å². The van der Waals surface area contributed by atoms with Gasteiger partial charge in [0.15, 0.2) is 5.96 Å². The highest BCUT2D eigenvalue weighted by atomic mass is 15.2. The van der Waals surface area contributed by atoms with E-state index in [0.717, 1.165) is 30.6 Å². The van der Waals surface area contributed by atoms with Crippen LogP contribution in [0.25, 0.3) is 0 Å². The molecule has 4 heteroatoms. The van der Waals surface area contributed by atoms with Crippen LogP contribution in [0.15, 0.2) is 115 Å². The number of nitrogens with zero attached hydrogens (tertiary/aromatic N) is 2. The molecule has 2 aromatic carbocycles. The molecular weight excluding hydrogens is 452 g/mol. The van der Waals surface area contributed by atoms with Crippen LogP contribution in [-0.2, 0) is 5.54 Å². The van der Waals surface area contributed by atoms with Crippen molar-refractivity contribution >= 4 is 5.96 Å². The van der Waals surface area contributed by atoms with Crippen LogP contribution in [0.3, 0.4) is 0 Å². The Hall–Kier alpha value is -3.53. The minimum absolute atomic E-state index is 0.519. The highest BCUT2D eigenvalue weighted by Crippen LogP contribution is 2.35. The van der Waals surface area contributed by atoms with E-state index in [1.54, 1.807) is 6.20 Å². The average molecular weight is 499 g/mol. The minimum Gasteiger partial charge on any atom is -0.391 e. The standard InChI is InChI=1S/C27H38N4.C6H8/c1-5-8-15-23(20-21-29-7-3)22-31(4)26(28)30-27(6-2,24-16-11-9-12-17-24)25-18-13-10-14-19-25;1-2-4-6-5-3-1/h6-7,9-14,16-19,23,29H,2-3,5,8,15,20-22H2,1,4H3,(H2,28,30);1-4H,5-6H2. The van der Waals surface area contributed by atoms with Crippen LogP contribution in [0, 0.1) is 5.92 Å². The van der Waals surface area contributed by atoms with Gasteiger partial charge in [0.05, 0.1) is 0 Å². The first kappa shape index (κ1) is 29.7. The van der Waals surface area contributed by atoms with E-state index in [9.17, 15) is 0 Å². The van der Waals surface area contributed by atoms with Gasteiger partial charge in [-0.1, -0.05) is 124 Å². The van der Waals surface area contributed by atoms with Crippen LogP contribution in [0.4, 0.5) is 0 Å². The molecule has 0 spiro atoms. The third-order valence-corrected chi connectivity index (χ3v) is 6.63. The second-order valence-electron chi connectivity index (χ2n) is 9.44. The lowest BCUT2D eigenvalue weighted by Gasteiger charge is -2.31. The predicted octanol–water partition coefficient (Wildman–Crippen LogP) is 7.18. The monoisotopic (exact) mass is 498 g/mol. The van der Waals surface area contributed by atoms with Crippen LogP contribution < -0.4 is 11.1 Å². The molecule has 1 aliphatic carbocycles. The first-order chi connectivity index (χ1) is 18.1. The van der Waals surface area contributed by atoms with Gasteiger partial charge in [0, 0.05) is 20.1 Å². The normalized spacial score (nSPS) is 13.7. The molecule has 1 unspecified atom stereocenters. The number of benzene rings is 2. The lowest BCUT2D eigenvalue weighted by atomic mass is 9.83. The summed E-state index contributed by atoms with van der Waals surface area (Å²) in [7, 11) is 2.03. The molecule has 0 aromatic heterocycles. The smallest absolute Gasteiger partial charge is 0.192 e. The Morgan fingerprint density at radius 3 is 2.00 bits per heavy atom. The summed E-state index contributed by atoms with van der Waals surface area (Å²) in [6, 6.07) is 20.4. The van der Waals surface area contributed by atoms with Crippen LogP contribution in [-0.4, -0.2) is 31.0 Å². The third kappa shape index (κ3) is 9.80. The molecule has 0 saturated heterocycles. The lowest BCUT2D eigenvalue weighted by Crippen LogP contribution is -2.40. The van der Waals surface area contributed by atoms with Crippen LogP contribution in [0.5, 0.6) is 0 Å². The molecule has 0 amide bonds. The van der Waals surface area contributed by atoms with Crippen molar-refractivity contribution in [1.29, 1.82) is 0 Å². The Bertz CT molecular complexity index is 940. The molecule has 0 fully saturated rings. The third-order valence-electron chi connectivity index (χ3n) is 6.63. The number of hydrogen-bond donors (Lipinski definition) is 2. The van der Waals surface area contributed by atoms with E-state index in [1.807, 2.05) is 49.5 Å². The highest BCUT2D eigenvalue weighted by molar-refractivity contribution is 5.79. The SMILES string of the molecule is C1=CCCC=C1.C=CNCCC(CCCC)CN(C)C(N)=NC(C=C)(c1ccccc1)c1ccccc1. The van der Waals surface area contributed by atoms with E-state index in [4.69, 9.17) is 10.7 Å². The number of hydrogen-bond acceptors (Lipinski definition) is 2. The number of allylic oxidation sites excluding steroid dienone is 4. The van der Waals surface area contributed by atoms with Gasteiger partial charge < -0.3 is 16.0 Å². The summed E-state index contributed by atoms with van der Waals surface area (Å²) in [5.74, 6) is 1.06. The van der Waals surface area contributed by atoms with Gasteiger partial charge >= 0.3 is 0 Å². The van der Waals surface area contributed by atoms with Gasteiger partial charge in [0.25, 0.3) is 0 Å². The molecule has 4 nitrogen and oxygen atoms in total. The largest absolute Gasteiger partial charge is 0.391 e. The van der Waals surface area contributed by atoms with Crippen molar-refractivity contribution in [3.63, 3.8) is 0 Å². The topological polar surface area (TPSA) is 53.6 Å². The number of nitrogens with one attached hydrogen (secondary N) is 1. The van der Waals surface area contributed by atoms with E-state index in [-0.39, 0.29) is 0 Å². The van der Waals surface area contributed by atoms with Gasteiger partial charge in [-0.05, 0) is 48.9 Å². The van der Waals surface area contributed by atoms with Crippen LogP contribution in [0.2, 0.25) is 0 Å². The van der Waals surface area contributed by atoms with Crippen molar-refractivity contribution < 1.29 is 0 Å². The van der Waals surface area contributed by atoms with Gasteiger partial charge in [-0.3, -0.25) is 0 Å². The Morgan fingerprint density at radius 1 is 1.00 bits per heavy atom. The first-order valence-corrected chi connectivity index (χ1v) is 13.5. The number of unbranched alkanes of at least 4 members (excludes halogenated alkanes) is 1. The summed E-state index contributed by atoms with van der Waals surface area (Å²) in [5.41, 5.74) is 7.94. The summed E-state index contributed by atoms with van der Waals surface area (Å²) in [5, 5.41) is 3.22. The molecule has 37 heavy (non-hydrogen) atoms. The number of rotatable bonds is 13. The lowest BCUT2D eigenvalue weighted by molar-refractivity contribution is 0.334. The second kappa shape index (κ2) is 17.0. The van der Waals surface area contributed by atoms with Gasteiger partial charge in [0.2, 0.25) is 0 Å². The van der Waals surface area contributed by atoms with Crippen LogP contribution in [0.1, 0.15) is 56.6 Å². The molecule has 1 atom stereocenters. The number of nitrogens with two attached hydrogens (primary N) is 1. The maximum atomic E-state index is 6.58.